The van der Waals surface area contributed by atoms with Gasteiger partial charge >= 0.3 is 5.97 Å². The Hall–Kier alpha value is -1.09. The van der Waals surface area contributed by atoms with Gasteiger partial charge in [0.25, 0.3) is 0 Å². The SMILES string of the molecule is C=CC1(CO)C=C2CCC3C(C)(C(=O)O)CCCC3(C)C2CC1. The molecule has 0 aromatic carbocycles. The second kappa shape index (κ2) is 5.47. The summed E-state index contributed by atoms with van der Waals surface area (Å²) < 4.78 is 0. The lowest BCUT2D eigenvalue weighted by Crippen LogP contribution is -2.54. The summed E-state index contributed by atoms with van der Waals surface area (Å²) in [4.78, 5) is 12.0. The van der Waals surface area contributed by atoms with Crippen LogP contribution in [0.5, 0.6) is 0 Å². The average molecular weight is 318 g/mol. The molecule has 0 amide bonds. The van der Waals surface area contributed by atoms with Gasteiger partial charge in [-0.15, -0.1) is 6.58 Å². The van der Waals surface area contributed by atoms with Gasteiger partial charge in [-0.25, -0.2) is 0 Å². The molecule has 0 radical (unpaired) electrons. The standard InChI is InChI=1S/C20H30O3/c1-4-20(13-21)11-8-15-14(12-20)6-7-16-18(15,2)9-5-10-19(16,3)17(22)23/h4,12,15-16,21H,1,5-11,13H2,2-3H3,(H,22,23). The molecule has 0 aromatic rings. The molecule has 5 atom stereocenters. The second-order valence-corrected chi connectivity index (χ2v) is 8.58. The summed E-state index contributed by atoms with van der Waals surface area (Å²) in [6.07, 6.45) is 11.0. The van der Waals surface area contributed by atoms with Crippen molar-refractivity contribution in [3.63, 3.8) is 0 Å². The summed E-state index contributed by atoms with van der Waals surface area (Å²) in [6, 6.07) is 0. The van der Waals surface area contributed by atoms with Crippen molar-refractivity contribution in [1.29, 1.82) is 0 Å². The van der Waals surface area contributed by atoms with Crippen LogP contribution >= 0.6 is 0 Å². The molecule has 2 N–H and O–H groups in total. The predicted molar refractivity (Wildman–Crippen MR) is 90.9 cm³/mol. The van der Waals surface area contributed by atoms with Crippen LogP contribution in [0.15, 0.2) is 24.3 Å². The predicted octanol–water partition coefficient (Wildman–Crippen LogP) is 4.18. The molecule has 0 heterocycles. The summed E-state index contributed by atoms with van der Waals surface area (Å²) in [5, 5.41) is 19.6. The molecule has 0 bridgehead atoms. The molecule has 2 fully saturated rings. The quantitative estimate of drug-likeness (QED) is 0.768. The number of carbonyl (C=O) groups is 1. The number of fused-ring (bicyclic) bond motifs is 3. The van der Waals surface area contributed by atoms with E-state index in [4.69, 9.17) is 0 Å². The van der Waals surface area contributed by atoms with Crippen LogP contribution in [0.4, 0.5) is 0 Å². The lowest BCUT2D eigenvalue weighted by Gasteiger charge is -2.59. The number of aliphatic carboxylic acids is 1. The van der Waals surface area contributed by atoms with E-state index in [1.54, 1.807) is 0 Å². The van der Waals surface area contributed by atoms with E-state index in [9.17, 15) is 15.0 Å². The molecule has 128 valence electrons. The van der Waals surface area contributed by atoms with Crippen molar-refractivity contribution >= 4 is 5.97 Å². The van der Waals surface area contributed by atoms with E-state index < -0.39 is 11.4 Å². The Morgan fingerprint density at radius 3 is 2.70 bits per heavy atom. The normalized spacial score (nSPS) is 46.3. The topological polar surface area (TPSA) is 57.5 Å². The molecule has 2 saturated carbocycles. The van der Waals surface area contributed by atoms with Crippen molar-refractivity contribution < 1.29 is 15.0 Å². The van der Waals surface area contributed by atoms with Gasteiger partial charge in [-0.2, -0.15) is 0 Å². The van der Waals surface area contributed by atoms with E-state index >= 15 is 0 Å². The minimum absolute atomic E-state index is 0.0816. The van der Waals surface area contributed by atoms with Gasteiger partial charge in [0.05, 0.1) is 12.0 Å². The van der Waals surface area contributed by atoms with Crippen molar-refractivity contribution in [3.8, 4) is 0 Å². The van der Waals surface area contributed by atoms with Crippen LogP contribution in [0, 0.1) is 28.1 Å². The number of hydrogen-bond acceptors (Lipinski definition) is 2. The smallest absolute Gasteiger partial charge is 0.309 e. The Balaban J connectivity index is 1.99. The van der Waals surface area contributed by atoms with Gasteiger partial charge in [0, 0.05) is 5.41 Å². The van der Waals surface area contributed by atoms with Crippen LogP contribution < -0.4 is 0 Å². The van der Waals surface area contributed by atoms with Gasteiger partial charge in [0.1, 0.15) is 0 Å². The number of rotatable bonds is 3. The fourth-order valence-corrected chi connectivity index (χ4v) is 6.04. The van der Waals surface area contributed by atoms with Crippen molar-refractivity contribution in [2.45, 2.75) is 58.8 Å². The highest BCUT2D eigenvalue weighted by Crippen LogP contribution is 2.63. The van der Waals surface area contributed by atoms with E-state index in [2.05, 4.69) is 19.6 Å². The number of carboxylic acids is 1. The highest BCUT2D eigenvalue weighted by Gasteiger charge is 2.58. The number of carboxylic acid groups (broad SMARTS) is 1. The molecule has 3 rings (SSSR count). The zero-order valence-electron chi connectivity index (χ0n) is 14.5. The van der Waals surface area contributed by atoms with Crippen LogP contribution in [0.1, 0.15) is 58.8 Å². The molecule has 23 heavy (non-hydrogen) atoms. The molecule has 0 saturated heterocycles. The van der Waals surface area contributed by atoms with Crippen molar-refractivity contribution in [2.75, 3.05) is 6.61 Å². The first-order valence-corrected chi connectivity index (χ1v) is 9.01. The molecule has 0 aliphatic heterocycles. The van der Waals surface area contributed by atoms with Crippen LogP contribution in [-0.2, 0) is 4.79 Å². The van der Waals surface area contributed by atoms with E-state index in [0.29, 0.717) is 5.92 Å². The summed E-state index contributed by atoms with van der Waals surface area (Å²) in [5.74, 6) is 0.112. The van der Waals surface area contributed by atoms with E-state index in [1.165, 1.54) is 5.57 Å². The minimum atomic E-state index is -0.618. The van der Waals surface area contributed by atoms with Crippen molar-refractivity contribution in [2.24, 2.45) is 28.1 Å². The van der Waals surface area contributed by atoms with Gasteiger partial charge in [0.2, 0.25) is 0 Å². The van der Waals surface area contributed by atoms with Crippen LogP contribution in [-0.4, -0.2) is 22.8 Å². The van der Waals surface area contributed by atoms with Crippen LogP contribution in [0.3, 0.4) is 0 Å². The van der Waals surface area contributed by atoms with E-state index in [-0.39, 0.29) is 23.4 Å². The Morgan fingerprint density at radius 1 is 1.35 bits per heavy atom. The third-order valence-electron chi connectivity index (χ3n) is 7.50. The highest BCUT2D eigenvalue weighted by molar-refractivity contribution is 5.75. The largest absolute Gasteiger partial charge is 0.481 e. The van der Waals surface area contributed by atoms with Gasteiger partial charge in [0.15, 0.2) is 0 Å². The van der Waals surface area contributed by atoms with E-state index in [0.717, 1.165) is 44.9 Å². The van der Waals surface area contributed by atoms with Crippen LogP contribution in [0.2, 0.25) is 0 Å². The second-order valence-electron chi connectivity index (χ2n) is 8.58. The zero-order chi connectivity index (χ0) is 16.9. The molecule has 0 aromatic heterocycles. The molecule has 5 unspecified atom stereocenters. The minimum Gasteiger partial charge on any atom is -0.481 e. The third kappa shape index (κ3) is 2.31. The monoisotopic (exact) mass is 318 g/mol. The lowest BCUT2D eigenvalue weighted by atomic mass is 9.45. The molecular weight excluding hydrogens is 288 g/mol. The van der Waals surface area contributed by atoms with Gasteiger partial charge in [-0.1, -0.05) is 31.1 Å². The Bertz CT molecular complexity index is 551. The molecule has 3 nitrogen and oxygen atoms in total. The fraction of sp³-hybridized carbons (Fsp3) is 0.750. The molecule has 3 heteroatoms. The maximum atomic E-state index is 12.0. The van der Waals surface area contributed by atoms with Gasteiger partial charge in [-0.3, -0.25) is 4.79 Å². The Kier molecular flexibility index (Phi) is 3.99. The molecule has 3 aliphatic rings. The molecule has 0 spiro atoms. The molecular formula is C20H30O3. The van der Waals surface area contributed by atoms with Gasteiger partial charge < -0.3 is 10.2 Å². The first-order chi connectivity index (χ1) is 10.8. The number of hydrogen-bond donors (Lipinski definition) is 2. The first kappa shape index (κ1) is 16.8. The zero-order valence-corrected chi connectivity index (χ0v) is 14.5. The summed E-state index contributed by atoms with van der Waals surface area (Å²) in [7, 11) is 0. The maximum absolute atomic E-state index is 12.0. The molecule has 3 aliphatic carbocycles. The first-order valence-electron chi connectivity index (χ1n) is 9.01. The number of aliphatic hydroxyl groups is 1. The summed E-state index contributed by atoms with van der Waals surface area (Å²) in [6.45, 7) is 8.35. The average Bonchev–Trinajstić information content (AvgIpc) is 2.54. The van der Waals surface area contributed by atoms with E-state index in [1.807, 2.05) is 13.0 Å². The lowest BCUT2D eigenvalue weighted by molar-refractivity contribution is -0.164. The summed E-state index contributed by atoms with van der Waals surface area (Å²) >= 11 is 0. The summed E-state index contributed by atoms with van der Waals surface area (Å²) in [5.41, 5.74) is 0.680. The Labute approximate surface area is 139 Å². The fourth-order valence-electron chi connectivity index (χ4n) is 6.04. The third-order valence-corrected chi connectivity index (χ3v) is 7.50. The number of aliphatic hydroxyl groups excluding tert-OH is 1. The Morgan fingerprint density at radius 2 is 2.09 bits per heavy atom. The highest BCUT2D eigenvalue weighted by atomic mass is 16.4. The van der Waals surface area contributed by atoms with Crippen molar-refractivity contribution in [3.05, 3.63) is 24.3 Å². The van der Waals surface area contributed by atoms with Crippen LogP contribution in [0.25, 0.3) is 0 Å². The number of allylic oxidation sites excluding steroid dienone is 1. The maximum Gasteiger partial charge on any atom is 0.309 e. The van der Waals surface area contributed by atoms with Crippen molar-refractivity contribution in [1.82, 2.24) is 0 Å². The van der Waals surface area contributed by atoms with Gasteiger partial charge in [-0.05, 0) is 62.7 Å².